The molecule has 0 amide bonds. The van der Waals surface area contributed by atoms with Crippen molar-refractivity contribution in [2.75, 3.05) is 13.1 Å². The number of carbonyl (C=O) groups is 2. The second-order valence-corrected chi connectivity index (χ2v) is 7.63. The maximum Gasteiger partial charge on any atom is 0.308 e. The summed E-state index contributed by atoms with van der Waals surface area (Å²) in [4.78, 5) is 23.5. The third-order valence-corrected chi connectivity index (χ3v) is 5.40. The summed E-state index contributed by atoms with van der Waals surface area (Å²) in [5, 5.41) is 5.14. The largest absolute Gasteiger partial charge is 0.486 e. The first kappa shape index (κ1) is 16.9. The number of nitrogens with two attached hydrogens (primary N) is 1. The first-order valence-electron chi connectivity index (χ1n) is 7.51. The Bertz CT molecular complexity index is 796. The van der Waals surface area contributed by atoms with Crippen molar-refractivity contribution in [2.24, 2.45) is 5.14 Å². The number of carbonyl (C=O) groups excluding carboxylic acids is 2. The molecule has 0 saturated carbocycles. The molecule has 0 bridgehead atoms. The van der Waals surface area contributed by atoms with Gasteiger partial charge in [0.25, 0.3) is 10.2 Å². The average molecular weight is 354 g/mol. The highest BCUT2D eigenvalue weighted by atomic mass is 32.2. The molecular formula is C15H18N2O6S. The topological polar surface area (TPSA) is 116 Å². The second-order valence-electron chi connectivity index (χ2n) is 6.08. The number of hydrogen-bond acceptors (Lipinski definition) is 6. The predicted octanol–water partition coefficient (Wildman–Crippen LogP) is 0.615. The molecule has 9 heteroatoms. The van der Waals surface area contributed by atoms with Crippen molar-refractivity contribution >= 4 is 22.0 Å². The average Bonchev–Trinajstić information content (AvgIpc) is 2.45. The van der Waals surface area contributed by atoms with Gasteiger partial charge in [-0.25, -0.2) is 5.14 Å². The minimum atomic E-state index is -3.74. The maximum atomic E-state index is 12.4. The quantitative estimate of drug-likeness (QED) is 0.615. The van der Waals surface area contributed by atoms with Crippen molar-refractivity contribution < 1.29 is 27.5 Å². The van der Waals surface area contributed by atoms with Crippen LogP contribution in [0.4, 0.5) is 0 Å². The number of ether oxygens (including phenoxy) is 2. The molecule has 130 valence electrons. The Balaban J connectivity index is 1.83. The molecule has 0 radical (unpaired) electrons. The molecule has 2 aliphatic heterocycles. The van der Waals surface area contributed by atoms with E-state index in [4.69, 9.17) is 14.6 Å². The minimum Gasteiger partial charge on any atom is -0.486 e. The number of ketones is 1. The van der Waals surface area contributed by atoms with E-state index in [2.05, 4.69) is 0 Å². The van der Waals surface area contributed by atoms with E-state index in [1.165, 1.54) is 17.3 Å². The summed E-state index contributed by atoms with van der Waals surface area (Å²) in [6.45, 7) is 1.69. The molecule has 0 aromatic heterocycles. The van der Waals surface area contributed by atoms with Gasteiger partial charge in [-0.3, -0.25) is 9.59 Å². The molecule has 1 saturated heterocycles. The van der Waals surface area contributed by atoms with Crippen LogP contribution in [-0.2, 0) is 15.0 Å². The van der Waals surface area contributed by atoms with Gasteiger partial charge in [-0.2, -0.15) is 12.7 Å². The lowest BCUT2D eigenvalue weighted by atomic mass is 9.83. The van der Waals surface area contributed by atoms with Gasteiger partial charge in [0.2, 0.25) is 0 Å². The summed E-state index contributed by atoms with van der Waals surface area (Å²) in [7, 11) is -3.74. The number of piperidine rings is 1. The summed E-state index contributed by atoms with van der Waals surface area (Å²) in [6.07, 6.45) is 0.921. The summed E-state index contributed by atoms with van der Waals surface area (Å²) >= 11 is 0. The van der Waals surface area contributed by atoms with Crippen molar-refractivity contribution in [1.29, 1.82) is 0 Å². The van der Waals surface area contributed by atoms with Crippen LogP contribution < -0.4 is 14.6 Å². The molecule has 1 aromatic rings. The van der Waals surface area contributed by atoms with E-state index >= 15 is 0 Å². The van der Waals surface area contributed by atoms with Crippen LogP contribution in [0.5, 0.6) is 11.5 Å². The van der Waals surface area contributed by atoms with Gasteiger partial charge in [-0.15, -0.1) is 0 Å². The fourth-order valence-corrected chi connectivity index (χ4v) is 3.82. The van der Waals surface area contributed by atoms with Crippen LogP contribution in [0.1, 0.15) is 36.5 Å². The van der Waals surface area contributed by atoms with Crippen molar-refractivity contribution in [3.63, 3.8) is 0 Å². The van der Waals surface area contributed by atoms with Gasteiger partial charge in [-0.05, 0) is 12.1 Å². The first-order chi connectivity index (χ1) is 11.2. The number of fused-ring (bicyclic) bond motifs is 1. The van der Waals surface area contributed by atoms with Gasteiger partial charge in [0.05, 0.1) is 12.0 Å². The van der Waals surface area contributed by atoms with Crippen molar-refractivity contribution in [3.8, 4) is 11.5 Å². The van der Waals surface area contributed by atoms with E-state index in [1.807, 2.05) is 0 Å². The van der Waals surface area contributed by atoms with Gasteiger partial charge >= 0.3 is 5.97 Å². The molecular weight excluding hydrogens is 336 g/mol. The van der Waals surface area contributed by atoms with E-state index < -0.39 is 21.8 Å². The molecule has 2 aliphatic rings. The van der Waals surface area contributed by atoms with E-state index in [0.717, 1.165) is 0 Å². The lowest BCUT2D eigenvalue weighted by Gasteiger charge is -2.43. The normalized spacial score (nSPS) is 20.3. The fraction of sp³-hybridized carbons (Fsp3) is 0.467. The van der Waals surface area contributed by atoms with Crippen LogP contribution >= 0.6 is 0 Å². The van der Waals surface area contributed by atoms with Gasteiger partial charge in [0.15, 0.2) is 5.78 Å². The summed E-state index contributed by atoms with van der Waals surface area (Å²) < 4.78 is 35.1. The van der Waals surface area contributed by atoms with Crippen molar-refractivity contribution in [1.82, 2.24) is 4.31 Å². The predicted molar refractivity (Wildman–Crippen MR) is 84.0 cm³/mol. The Hall–Kier alpha value is -1.97. The molecule has 1 fully saturated rings. The lowest BCUT2D eigenvalue weighted by molar-refractivity contribution is -0.131. The molecule has 2 heterocycles. The van der Waals surface area contributed by atoms with Crippen LogP contribution in [0.15, 0.2) is 18.2 Å². The summed E-state index contributed by atoms with van der Waals surface area (Å²) in [5.74, 6) is 0.116. The molecule has 1 aromatic carbocycles. The summed E-state index contributed by atoms with van der Waals surface area (Å²) in [5.41, 5.74) is -0.314. The number of hydrogen-bond donors (Lipinski definition) is 1. The van der Waals surface area contributed by atoms with Gasteiger partial charge < -0.3 is 9.47 Å². The molecule has 24 heavy (non-hydrogen) atoms. The Labute approximate surface area is 139 Å². The van der Waals surface area contributed by atoms with E-state index in [-0.39, 0.29) is 25.3 Å². The highest BCUT2D eigenvalue weighted by Crippen LogP contribution is 2.41. The van der Waals surface area contributed by atoms with Crippen LogP contribution in [0.2, 0.25) is 0 Å². The highest BCUT2D eigenvalue weighted by molar-refractivity contribution is 7.86. The Morgan fingerprint density at radius 2 is 2.00 bits per heavy atom. The third-order valence-electron chi connectivity index (χ3n) is 4.32. The van der Waals surface area contributed by atoms with E-state index in [9.17, 15) is 18.0 Å². The van der Waals surface area contributed by atoms with Crippen LogP contribution in [0.25, 0.3) is 0 Å². The van der Waals surface area contributed by atoms with Gasteiger partial charge in [0.1, 0.15) is 17.1 Å². The molecule has 3 rings (SSSR count). The standard InChI is InChI=1S/C15H18N2O6S/c1-10(18)22-11-2-3-12-13(19)9-15(23-14(12)8-11)4-6-17(7-5-15)24(16,20)21/h2-3,8H,4-7,9H2,1H3,(H2,16,20,21). The second kappa shape index (κ2) is 5.83. The van der Waals surface area contributed by atoms with E-state index in [0.29, 0.717) is 29.9 Å². The zero-order chi connectivity index (χ0) is 17.5. The number of nitrogens with zero attached hydrogens (tertiary/aromatic N) is 1. The van der Waals surface area contributed by atoms with Crippen molar-refractivity contribution in [2.45, 2.75) is 31.8 Å². The van der Waals surface area contributed by atoms with Gasteiger partial charge in [-0.1, -0.05) is 0 Å². The lowest BCUT2D eigenvalue weighted by Crippen LogP contribution is -2.53. The summed E-state index contributed by atoms with van der Waals surface area (Å²) in [6, 6.07) is 4.63. The van der Waals surface area contributed by atoms with Crippen LogP contribution in [-0.4, -0.2) is 43.2 Å². The molecule has 0 unspecified atom stereocenters. The Morgan fingerprint density at radius 3 is 2.58 bits per heavy atom. The fourth-order valence-electron chi connectivity index (χ4n) is 3.13. The van der Waals surface area contributed by atoms with Crippen LogP contribution in [0, 0.1) is 0 Å². The molecule has 8 nitrogen and oxygen atoms in total. The number of rotatable bonds is 2. The smallest absolute Gasteiger partial charge is 0.308 e. The SMILES string of the molecule is CC(=O)Oc1ccc2c(c1)OC1(CCN(S(N)(=O)=O)CC1)CC2=O. The Morgan fingerprint density at radius 1 is 1.33 bits per heavy atom. The van der Waals surface area contributed by atoms with E-state index in [1.54, 1.807) is 12.1 Å². The number of esters is 1. The maximum absolute atomic E-state index is 12.4. The zero-order valence-electron chi connectivity index (χ0n) is 13.1. The monoisotopic (exact) mass is 354 g/mol. The highest BCUT2D eigenvalue weighted by Gasteiger charge is 2.44. The molecule has 0 atom stereocenters. The van der Waals surface area contributed by atoms with Gasteiger partial charge in [0, 0.05) is 38.9 Å². The third kappa shape index (κ3) is 3.28. The van der Waals surface area contributed by atoms with Crippen LogP contribution in [0.3, 0.4) is 0 Å². The molecule has 1 spiro atoms. The zero-order valence-corrected chi connectivity index (χ0v) is 14.0. The van der Waals surface area contributed by atoms with Crippen molar-refractivity contribution in [3.05, 3.63) is 23.8 Å². The molecule has 2 N–H and O–H groups in total. The number of benzene rings is 1. The first-order valence-corrected chi connectivity index (χ1v) is 9.01. The Kier molecular flexibility index (Phi) is 4.10. The number of Topliss-reactive ketones (excluding diaryl/α,β-unsaturated/α-hetero) is 1. The minimum absolute atomic E-state index is 0.0744. The molecule has 0 aliphatic carbocycles.